The SMILES string of the molecule is O=c1c2ccccc2c2nc3ccccn3c2n1-c1ccccc1. The highest BCUT2D eigenvalue weighted by Crippen LogP contribution is 2.25. The Labute approximate surface area is 137 Å². The molecule has 0 N–H and O–H groups in total. The van der Waals surface area contributed by atoms with E-state index >= 15 is 0 Å². The van der Waals surface area contributed by atoms with Crippen LogP contribution in [0.4, 0.5) is 0 Å². The van der Waals surface area contributed by atoms with Crippen molar-refractivity contribution in [2.45, 2.75) is 0 Å². The van der Waals surface area contributed by atoms with Crippen LogP contribution in [-0.2, 0) is 0 Å². The van der Waals surface area contributed by atoms with Crippen molar-refractivity contribution in [3.05, 3.63) is 89.3 Å². The molecule has 3 heterocycles. The van der Waals surface area contributed by atoms with Gasteiger partial charge in [0.05, 0.1) is 5.69 Å². The van der Waals surface area contributed by atoms with Gasteiger partial charge in [-0.15, -0.1) is 0 Å². The van der Waals surface area contributed by atoms with Crippen molar-refractivity contribution in [3.8, 4) is 5.69 Å². The molecule has 0 amide bonds. The van der Waals surface area contributed by atoms with Crippen molar-refractivity contribution in [1.29, 1.82) is 0 Å². The van der Waals surface area contributed by atoms with Crippen LogP contribution in [0.1, 0.15) is 0 Å². The van der Waals surface area contributed by atoms with Gasteiger partial charge in [-0.25, -0.2) is 4.98 Å². The number of hydrogen-bond acceptors (Lipinski definition) is 2. The molecule has 0 atom stereocenters. The zero-order chi connectivity index (χ0) is 16.1. The molecule has 0 aliphatic rings. The van der Waals surface area contributed by atoms with Crippen LogP contribution in [0.3, 0.4) is 0 Å². The highest BCUT2D eigenvalue weighted by Gasteiger charge is 2.16. The number of rotatable bonds is 1. The van der Waals surface area contributed by atoms with Gasteiger partial charge in [0, 0.05) is 17.0 Å². The third-order valence-electron chi connectivity index (χ3n) is 4.35. The molecule has 4 heteroatoms. The third kappa shape index (κ3) is 1.68. The molecule has 0 spiro atoms. The summed E-state index contributed by atoms with van der Waals surface area (Å²) in [6, 6.07) is 23.2. The number of hydrogen-bond donors (Lipinski definition) is 0. The van der Waals surface area contributed by atoms with Crippen LogP contribution in [0.5, 0.6) is 0 Å². The average molecular weight is 311 g/mol. The van der Waals surface area contributed by atoms with Crippen molar-refractivity contribution < 1.29 is 0 Å². The minimum absolute atomic E-state index is 0.0325. The second-order valence-electron chi connectivity index (χ2n) is 5.73. The van der Waals surface area contributed by atoms with E-state index < -0.39 is 0 Å². The maximum atomic E-state index is 13.2. The first-order valence-corrected chi connectivity index (χ1v) is 7.80. The molecule has 24 heavy (non-hydrogen) atoms. The van der Waals surface area contributed by atoms with Gasteiger partial charge in [0.25, 0.3) is 5.56 Å². The third-order valence-corrected chi connectivity index (χ3v) is 4.35. The Balaban J connectivity index is 2.14. The van der Waals surface area contributed by atoms with Crippen LogP contribution in [0.25, 0.3) is 33.3 Å². The van der Waals surface area contributed by atoms with Gasteiger partial charge >= 0.3 is 0 Å². The van der Waals surface area contributed by atoms with Crippen molar-refractivity contribution in [2.24, 2.45) is 0 Å². The lowest BCUT2D eigenvalue weighted by atomic mass is 10.1. The Morgan fingerprint density at radius 3 is 2.29 bits per heavy atom. The summed E-state index contributed by atoms with van der Waals surface area (Å²) in [5.74, 6) is 0. The first-order valence-electron chi connectivity index (χ1n) is 7.80. The first-order chi connectivity index (χ1) is 11.8. The van der Waals surface area contributed by atoms with Crippen molar-refractivity contribution in [3.63, 3.8) is 0 Å². The molecule has 0 saturated heterocycles. The summed E-state index contributed by atoms with van der Waals surface area (Å²) in [4.78, 5) is 18.0. The number of pyridine rings is 2. The molecule has 5 aromatic rings. The summed E-state index contributed by atoms with van der Waals surface area (Å²) in [6.07, 6.45) is 1.94. The molecular weight excluding hydrogens is 298 g/mol. The van der Waals surface area contributed by atoms with E-state index in [0.29, 0.717) is 5.39 Å². The van der Waals surface area contributed by atoms with Crippen LogP contribution in [0, 0.1) is 0 Å². The van der Waals surface area contributed by atoms with Crippen LogP contribution < -0.4 is 5.56 Å². The Kier molecular flexibility index (Phi) is 2.61. The smallest absolute Gasteiger partial charge is 0.264 e. The number of fused-ring (bicyclic) bond motifs is 5. The summed E-state index contributed by atoms with van der Waals surface area (Å²) in [5, 5.41) is 1.56. The predicted octanol–water partition coefficient (Wildman–Crippen LogP) is 3.79. The van der Waals surface area contributed by atoms with E-state index in [4.69, 9.17) is 4.98 Å². The molecular formula is C20H13N3O. The Hall–Kier alpha value is -3.40. The van der Waals surface area contributed by atoms with Crippen molar-refractivity contribution >= 4 is 27.6 Å². The van der Waals surface area contributed by atoms with Gasteiger partial charge in [-0.3, -0.25) is 13.8 Å². The molecule has 0 aliphatic carbocycles. The summed E-state index contributed by atoms with van der Waals surface area (Å²) in [5.41, 5.74) is 3.26. The maximum absolute atomic E-state index is 13.2. The van der Waals surface area contributed by atoms with Gasteiger partial charge in [-0.05, 0) is 30.3 Å². The van der Waals surface area contributed by atoms with Gasteiger partial charge in [0.15, 0.2) is 5.65 Å². The molecule has 2 aromatic carbocycles. The quantitative estimate of drug-likeness (QED) is 0.472. The second-order valence-corrected chi connectivity index (χ2v) is 5.73. The van der Waals surface area contributed by atoms with Crippen LogP contribution in [0.15, 0.2) is 83.8 Å². The fourth-order valence-corrected chi connectivity index (χ4v) is 3.29. The standard InChI is InChI=1S/C20H13N3O/c24-20-16-11-5-4-10-15(16)18-19(22-13-7-6-12-17(22)21-18)23(20)14-8-2-1-3-9-14/h1-13H. The number of para-hydroxylation sites is 1. The summed E-state index contributed by atoms with van der Waals surface area (Å²) < 4.78 is 3.72. The molecule has 0 bridgehead atoms. The Morgan fingerprint density at radius 2 is 1.46 bits per heavy atom. The van der Waals surface area contributed by atoms with Crippen LogP contribution >= 0.6 is 0 Å². The van der Waals surface area contributed by atoms with Crippen LogP contribution in [0.2, 0.25) is 0 Å². The van der Waals surface area contributed by atoms with E-state index in [1.807, 2.05) is 83.4 Å². The molecule has 0 radical (unpaired) electrons. The molecule has 0 saturated carbocycles. The number of imidazole rings is 1. The van der Waals surface area contributed by atoms with Gasteiger partial charge in [-0.2, -0.15) is 0 Å². The van der Waals surface area contributed by atoms with E-state index in [1.54, 1.807) is 4.57 Å². The fourth-order valence-electron chi connectivity index (χ4n) is 3.29. The van der Waals surface area contributed by atoms with Crippen molar-refractivity contribution in [2.75, 3.05) is 0 Å². The lowest BCUT2D eigenvalue weighted by Crippen LogP contribution is -2.19. The topological polar surface area (TPSA) is 39.3 Å². The van der Waals surface area contributed by atoms with E-state index in [1.165, 1.54) is 0 Å². The summed E-state index contributed by atoms with van der Waals surface area (Å²) in [7, 11) is 0. The monoisotopic (exact) mass is 311 g/mol. The summed E-state index contributed by atoms with van der Waals surface area (Å²) in [6.45, 7) is 0. The van der Waals surface area contributed by atoms with E-state index in [0.717, 1.165) is 27.9 Å². The average Bonchev–Trinajstić information content (AvgIpc) is 3.03. The van der Waals surface area contributed by atoms with E-state index in [-0.39, 0.29) is 5.56 Å². The largest absolute Gasteiger partial charge is 0.285 e. The highest BCUT2D eigenvalue weighted by atomic mass is 16.1. The molecule has 4 nitrogen and oxygen atoms in total. The number of nitrogens with zero attached hydrogens (tertiary/aromatic N) is 3. The normalized spacial score (nSPS) is 11.5. The van der Waals surface area contributed by atoms with E-state index in [2.05, 4.69) is 0 Å². The van der Waals surface area contributed by atoms with Gasteiger partial charge in [-0.1, -0.05) is 42.5 Å². The van der Waals surface area contributed by atoms with Crippen molar-refractivity contribution in [1.82, 2.24) is 14.0 Å². The Bertz CT molecular complexity index is 1270. The summed E-state index contributed by atoms with van der Waals surface area (Å²) >= 11 is 0. The molecule has 0 unspecified atom stereocenters. The molecule has 114 valence electrons. The minimum Gasteiger partial charge on any atom is -0.285 e. The fraction of sp³-hybridized carbons (Fsp3) is 0. The zero-order valence-electron chi connectivity index (χ0n) is 12.8. The lowest BCUT2D eigenvalue weighted by molar-refractivity contribution is 1.01. The molecule has 3 aromatic heterocycles. The number of benzene rings is 2. The van der Waals surface area contributed by atoms with Gasteiger partial charge in [0.1, 0.15) is 11.2 Å². The molecule has 5 rings (SSSR count). The van der Waals surface area contributed by atoms with E-state index in [9.17, 15) is 4.79 Å². The number of aromatic nitrogens is 3. The van der Waals surface area contributed by atoms with Gasteiger partial charge < -0.3 is 0 Å². The molecule has 0 aliphatic heterocycles. The Morgan fingerprint density at radius 1 is 0.750 bits per heavy atom. The predicted molar refractivity (Wildman–Crippen MR) is 95.8 cm³/mol. The van der Waals surface area contributed by atoms with Gasteiger partial charge in [0.2, 0.25) is 0 Å². The lowest BCUT2D eigenvalue weighted by Gasteiger charge is -2.10. The maximum Gasteiger partial charge on any atom is 0.264 e. The first kappa shape index (κ1) is 13.1. The second kappa shape index (κ2) is 4.80. The highest BCUT2D eigenvalue weighted by molar-refractivity contribution is 6.04. The minimum atomic E-state index is -0.0325. The van der Waals surface area contributed by atoms with Crippen LogP contribution in [-0.4, -0.2) is 14.0 Å². The molecule has 0 fully saturated rings. The zero-order valence-corrected chi connectivity index (χ0v) is 12.8.